The number of nitrogens with zero attached hydrogens (tertiary/aromatic N) is 3. The van der Waals surface area contributed by atoms with Crippen molar-refractivity contribution >= 4 is 17.5 Å². The molecule has 0 fully saturated rings. The van der Waals surface area contributed by atoms with Gasteiger partial charge in [-0.15, -0.1) is 0 Å². The zero-order chi connectivity index (χ0) is 17.5. The number of hydrogen-bond acceptors (Lipinski definition) is 6. The lowest BCUT2D eigenvalue weighted by Gasteiger charge is -2.11. The van der Waals surface area contributed by atoms with Gasteiger partial charge < -0.3 is 20.3 Å². The summed E-state index contributed by atoms with van der Waals surface area (Å²) in [5.74, 6) is 0.926. The van der Waals surface area contributed by atoms with Crippen LogP contribution in [0.1, 0.15) is 15.9 Å². The predicted molar refractivity (Wildman–Crippen MR) is 93.9 cm³/mol. The highest BCUT2D eigenvalue weighted by Gasteiger charge is 2.09. The highest BCUT2D eigenvalue weighted by molar-refractivity contribution is 5.93. The Labute approximate surface area is 142 Å². The van der Waals surface area contributed by atoms with E-state index in [1.165, 1.54) is 12.4 Å². The standard InChI is InChI=1S/C17H23N5O2/c1-12-5-6-15(24-4)14(9-12)21-17-19-10-13(11-20-17)16(23)18-7-8-22(2)3/h5-6,9-11H,7-8H2,1-4H3,(H,18,23)(H,19,20,21). The van der Waals surface area contributed by atoms with Crippen LogP contribution in [0.3, 0.4) is 0 Å². The number of aromatic nitrogens is 2. The Hall–Kier alpha value is -2.67. The van der Waals surface area contributed by atoms with Gasteiger partial charge >= 0.3 is 0 Å². The van der Waals surface area contributed by atoms with Crippen molar-refractivity contribution in [3.05, 3.63) is 41.7 Å². The molecule has 2 aromatic rings. The van der Waals surface area contributed by atoms with E-state index in [0.29, 0.717) is 23.8 Å². The number of rotatable bonds is 7. The molecule has 0 aliphatic carbocycles. The van der Waals surface area contributed by atoms with Crippen LogP contribution in [0.2, 0.25) is 0 Å². The van der Waals surface area contributed by atoms with Crippen LogP contribution in [0.15, 0.2) is 30.6 Å². The lowest BCUT2D eigenvalue weighted by atomic mass is 10.2. The van der Waals surface area contributed by atoms with E-state index in [9.17, 15) is 4.79 Å². The zero-order valence-electron chi connectivity index (χ0n) is 14.5. The second kappa shape index (κ2) is 8.26. The first-order valence-electron chi connectivity index (χ1n) is 7.66. The molecule has 0 unspecified atom stereocenters. The molecule has 1 aromatic carbocycles. The van der Waals surface area contributed by atoms with Crippen LogP contribution in [-0.4, -0.2) is 55.1 Å². The fourth-order valence-electron chi connectivity index (χ4n) is 2.04. The van der Waals surface area contributed by atoms with Gasteiger partial charge in [-0.1, -0.05) is 6.07 Å². The third-order valence-electron chi connectivity index (χ3n) is 3.36. The normalized spacial score (nSPS) is 10.5. The Balaban J connectivity index is 2.02. The second-order valence-corrected chi connectivity index (χ2v) is 5.68. The molecule has 0 bridgehead atoms. The molecule has 1 amide bonds. The van der Waals surface area contributed by atoms with Crippen molar-refractivity contribution in [2.24, 2.45) is 0 Å². The minimum Gasteiger partial charge on any atom is -0.495 e. The van der Waals surface area contributed by atoms with Gasteiger partial charge in [-0.25, -0.2) is 9.97 Å². The van der Waals surface area contributed by atoms with Gasteiger partial charge in [0.25, 0.3) is 5.91 Å². The molecule has 0 aliphatic heterocycles. The van der Waals surface area contributed by atoms with Crippen molar-refractivity contribution in [3.8, 4) is 5.75 Å². The largest absolute Gasteiger partial charge is 0.495 e. The van der Waals surface area contributed by atoms with Crippen LogP contribution < -0.4 is 15.4 Å². The third kappa shape index (κ3) is 4.92. The predicted octanol–water partition coefficient (Wildman–Crippen LogP) is 1.83. The summed E-state index contributed by atoms with van der Waals surface area (Å²) in [6, 6.07) is 5.79. The van der Waals surface area contributed by atoms with E-state index in [2.05, 4.69) is 20.6 Å². The number of nitrogens with one attached hydrogen (secondary N) is 2. The van der Waals surface area contributed by atoms with Crippen molar-refractivity contribution in [2.45, 2.75) is 6.92 Å². The van der Waals surface area contributed by atoms with Gasteiger partial charge in [-0.3, -0.25) is 4.79 Å². The van der Waals surface area contributed by atoms with Gasteiger partial charge in [-0.2, -0.15) is 0 Å². The summed E-state index contributed by atoms with van der Waals surface area (Å²) in [7, 11) is 5.52. The average Bonchev–Trinajstić information content (AvgIpc) is 2.55. The molecule has 0 aliphatic rings. The van der Waals surface area contributed by atoms with Gasteiger partial charge in [0, 0.05) is 25.5 Å². The molecule has 0 saturated carbocycles. The fourth-order valence-corrected chi connectivity index (χ4v) is 2.04. The maximum absolute atomic E-state index is 12.0. The van der Waals surface area contributed by atoms with E-state index < -0.39 is 0 Å². The monoisotopic (exact) mass is 329 g/mol. The molecule has 1 aromatic heterocycles. The van der Waals surface area contributed by atoms with Crippen molar-refractivity contribution in [3.63, 3.8) is 0 Å². The first kappa shape index (κ1) is 17.7. The first-order valence-corrected chi connectivity index (χ1v) is 7.66. The third-order valence-corrected chi connectivity index (χ3v) is 3.36. The highest BCUT2D eigenvalue weighted by Crippen LogP contribution is 2.27. The van der Waals surface area contributed by atoms with Gasteiger partial charge in [0.05, 0.1) is 18.4 Å². The highest BCUT2D eigenvalue weighted by atomic mass is 16.5. The van der Waals surface area contributed by atoms with E-state index in [4.69, 9.17) is 4.74 Å². The van der Waals surface area contributed by atoms with E-state index in [1.807, 2.05) is 44.1 Å². The molecule has 0 spiro atoms. The van der Waals surface area contributed by atoms with Crippen LogP contribution in [0.25, 0.3) is 0 Å². The summed E-state index contributed by atoms with van der Waals surface area (Å²) < 4.78 is 5.31. The molecule has 7 nitrogen and oxygen atoms in total. The smallest absolute Gasteiger partial charge is 0.254 e. The van der Waals surface area contributed by atoms with Crippen LogP contribution in [0.4, 0.5) is 11.6 Å². The number of carbonyl (C=O) groups is 1. The Morgan fingerprint density at radius 1 is 1.25 bits per heavy atom. The molecular formula is C17H23N5O2. The summed E-state index contributed by atoms with van der Waals surface area (Å²) in [6.45, 7) is 3.35. The van der Waals surface area contributed by atoms with Crippen LogP contribution in [0, 0.1) is 6.92 Å². The average molecular weight is 329 g/mol. The number of hydrogen-bond donors (Lipinski definition) is 2. The maximum atomic E-state index is 12.0. The van der Waals surface area contributed by atoms with Crippen molar-refractivity contribution in [1.82, 2.24) is 20.2 Å². The number of methoxy groups -OCH3 is 1. The Morgan fingerprint density at radius 2 is 1.96 bits per heavy atom. The summed E-state index contributed by atoms with van der Waals surface area (Å²) in [6.07, 6.45) is 3.01. The lowest BCUT2D eigenvalue weighted by Crippen LogP contribution is -2.31. The number of benzene rings is 1. The van der Waals surface area contributed by atoms with Gasteiger partial charge in [0.15, 0.2) is 0 Å². The molecule has 0 atom stereocenters. The summed E-state index contributed by atoms with van der Waals surface area (Å²) in [5, 5.41) is 5.93. The van der Waals surface area contributed by atoms with E-state index >= 15 is 0 Å². The lowest BCUT2D eigenvalue weighted by molar-refractivity contribution is 0.0950. The van der Waals surface area contributed by atoms with Gasteiger partial charge in [0.2, 0.25) is 5.95 Å². The minimum atomic E-state index is -0.184. The van der Waals surface area contributed by atoms with Gasteiger partial charge in [-0.05, 0) is 38.7 Å². The number of carbonyl (C=O) groups excluding carboxylic acids is 1. The van der Waals surface area contributed by atoms with Gasteiger partial charge in [0.1, 0.15) is 5.75 Å². The van der Waals surface area contributed by atoms with E-state index in [1.54, 1.807) is 7.11 Å². The number of anilines is 2. The molecule has 0 radical (unpaired) electrons. The molecule has 2 rings (SSSR count). The first-order chi connectivity index (χ1) is 11.5. The Morgan fingerprint density at radius 3 is 2.58 bits per heavy atom. The van der Waals surface area contributed by atoms with Crippen LogP contribution in [0.5, 0.6) is 5.75 Å². The summed E-state index contributed by atoms with van der Waals surface area (Å²) in [5.41, 5.74) is 2.30. The molecule has 7 heteroatoms. The molecular weight excluding hydrogens is 306 g/mol. The van der Waals surface area contributed by atoms with Crippen LogP contribution in [-0.2, 0) is 0 Å². The number of amides is 1. The SMILES string of the molecule is COc1ccc(C)cc1Nc1ncc(C(=O)NCCN(C)C)cn1. The fraction of sp³-hybridized carbons (Fsp3) is 0.353. The number of likely N-dealkylation sites (N-methyl/N-ethyl adjacent to an activating group) is 1. The zero-order valence-corrected chi connectivity index (χ0v) is 14.5. The van der Waals surface area contributed by atoms with Crippen molar-refractivity contribution in [2.75, 3.05) is 39.6 Å². The summed E-state index contributed by atoms with van der Waals surface area (Å²) in [4.78, 5) is 22.4. The Kier molecular flexibility index (Phi) is 6.08. The number of ether oxygens (including phenoxy) is 1. The summed E-state index contributed by atoms with van der Waals surface area (Å²) >= 11 is 0. The van der Waals surface area contributed by atoms with Crippen LogP contribution >= 0.6 is 0 Å². The number of aryl methyl sites for hydroxylation is 1. The van der Waals surface area contributed by atoms with Crippen molar-refractivity contribution in [1.29, 1.82) is 0 Å². The maximum Gasteiger partial charge on any atom is 0.254 e. The molecule has 128 valence electrons. The molecule has 0 saturated heterocycles. The Bertz CT molecular complexity index is 686. The molecule has 24 heavy (non-hydrogen) atoms. The molecule has 2 N–H and O–H groups in total. The quantitative estimate of drug-likeness (QED) is 0.807. The van der Waals surface area contributed by atoms with E-state index in [0.717, 1.165) is 17.8 Å². The molecule has 1 heterocycles. The van der Waals surface area contributed by atoms with E-state index in [-0.39, 0.29) is 5.91 Å². The van der Waals surface area contributed by atoms with Crippen molar-refractivity contribution < 1.29 is 9.53 Å². The second-order valence-electron chi connectivity index (χ2n) is 5.68. The topological polar surface area (TPSA) is 79.4 Å². The minimum absolute atomic E-state index is 0.184.